The Morgan fingerprint density at radius 1 is 1.00 bits per heavy atom. The number of anilines is 2. The third-order valence-corrected chi connectivity index (χ3v) is 7.20. The zero-order valence-electron chi connectivity index (χ0n) is 19.2. The van der Waals surface area contributed by atoms with Crippen molar-refractivity contribution in [1.82, 2.24) is 0 Å². The summed E-state index contributed by atoms with van der Waals surface area (Å²) in [4.78, 5) is 26.7. The molecule has 7 heteroatoms. The summed E-state index contributed by atoms with van der Waals surface area (Å²) in [6, 6.07) is 13.4. The number of carbonyl (C=O) groups excluding carboxylic acids is 2. The van der Waals surface area contributed by atoms with Crippen molar-refractivity contribution >= 4 is 35.0 Å². The predicted molar refractivity (Wildman–Crippen MR) is 133 cm³/mol. The van der Waals surface area contributed by atoms with E-state index in [1.54, 1.807) is 16.7 Å². The van der Waals surface area contributed by atoms with Crippen molar-refractivity contribution in [3.63, 3.8) is 0 Å². The fourth-order valence-electron chi connectivity index (χ4n) is 4.18. The van der Waals surface area contributed by atoms with Gasteiger partial charge in [0.15, 0.2) is 11.5 Å². The maximum Gasteiger partial charge on any atom is 0.238 e. The second kappa shape index (κ2) is 11.5. The monoisotopic (exact) mass is 468 g/mol. The van der Waals surface area contributed by atoms with E-state index in [9.17, 15) is 9.59 Å². The zero-order chi connectivity index (χ0) is 23.0. The van der Waals surface area contributed by atoms with E-state index in [0.29, 0.717) is 23.7 Å². The molecule has 0 aliphatic carbocycles. The smallest absolute Gasteiger partial charge is 0.238 e. The van der Waals surface area contributed by atoms with E-state index >= 15 is 0 Å². The number of nitrogens with one attached hydrogen (secondary N) is 1. The lowest BCUT2D eigenvalue weighted by molar-refractivity contribution is -0.116. The molecule has 0 spiro atoms. The number of ether oxygens (including phenoxy) is 2. The van der Waals surface area contributed by atoms with Gasteiger partial charge in [-0.1, -0.05) is 57.6 Å². The van der Waals surface area contributed by atoms with E-state index in [1.165, 1.54) is 32.1 Å². The van der Waals surface area contributed by atoms with Crippen LogP contribution in [-0.2, 0) is 9.59 Å². The van der Waals surface area contributed by atoms with Gasteiger partial charge in [-0.15, -0.1) is 11.8 Å². The van der Waals surface area contributed by atoms with E-state index in [0.717, 1.165) is 29.8 Å². The summed E-state index contributed by atoms with van der Waals surface area (Å²) in [5, 5.41) is 2.88. The molecule has 0 aromatic heterocycles. The number of rotatable bonds is 11. The second-order valence-electron chi connectivity index (χ2n) is 8.51. The van der Waals surface area contributed by atoms with E-state index in [1.807, 2.05) is 42.5 Å². The highest BCUT2D eigenvalue weighted by molar-refractivity contribution is 8.00. The third kappa shape index (κ3) is 6.02. The quantitative estimate of drug-likeness (QED) is 0.394. The number of hydrogen-bond donors (Lipinski definition) is 1. The van der Waals surface area contributed by atoms with Crippen molar-refractivity contribution in [3.8, 4) is 11.5 Å². The van der Waals surface area contributed by atoms with Gasteiger partial charge in [0.2, 0.25) is 18.6 Å². The Kier molecular flexibility index (Phi) is 8.15. The van der Waals surface area contributed by atoms with Crippen LogP contribution in [0.2, 0.25) is 0 Å². The number of fused-ring (bicyclic) bond motifs is 1. The standard InChI is InChI=1S/C26H32N2O4S/c1-2-3-4-5-6-7-8-9-24(29)27-20-12-10-19(11-13-20)26-28(25(30)17-33-26)21-14-15-22-23(16-21)32-18-31-22/h10-16,26H,2-9,17-18H2,1H3,(H,27,29). The Hall–Kier alpha value is -2.67. The zero-order valence-corrected chi connectivity index (χ0v) is 20.0. The van der Waals surface area contributed by atoms with Crippen molar-refractivity contribution in [2.75, 3.05) is 22.8 Å². The molecule has 0 bridgehead atoms. The molecule has 1 fully saturated rings. The Morgan fingerprint density at radius 3 is 2.52 bits per heavy atom. The number of carbonyl (C=O) groups is 2. The fraction of sp³-hybridized carbons (Fsp3) is 0.462. The molecule has 2 aliphatic heterocycles. The van der Waals surface area contributed by atoms with Crippen LogP contribution in [0.3, 0.4) is 0 Å². The van der Waals surface area contributed by atoms with Crippen molar-refractivity contribution in [2.24, 2.45) is 0 Å². The highest BCUT2D eigenvalue weighted by Crippen LogP contribution is 2.44. The molecule has 2 heterocycles. The minimum absolute atomic E-state index is 0.0590. The van der Waals surface area contributed by atoms with Crippen molar-refractivity contribution in [2.45, 2.75) is 63.7 Å². The van der Waals surface area contributed by atoms with Crippen LogP contribution in [0.15, 0.2) is 42.5 Å². The first-order valence-electron chi connectivity index (χ1n) is 11.9. The van der Waals surface area contributed by atoms with Crippen LogP contribution >= 0.6 is 11.8 Å². The minimum Gasteiger partial charge on any atom is -0.454 e. The summed E-state index contributed by atoms with van der Waals surface area (Å²) < 4.78 is 10.9. The molecule has 1 saturated heterocycles. The van der Waals surface area contributed by atoms with Gasteiger partial charge in [0.1, 0.15) is 5.37 Å². The summed E-state index contributed by atoms with van der Waals surface area (Å²) in [5.74, 6) is 1.91. The molecule has 2 amide bonds. The first kappa shape index (κ1) is 23.5. The fourth-order valence-corrected chi connectivity index (χ4v) is 5.36. The second-order valence-corrected chi connectivity index (χ2v) is 9.57. The normalized spacial score (nSPS) is 16.9. The molecule has 176 valence electrons. The van der Waals surface area contributed by atoms with Gasteiger partial charge in [0.05, 0.1) is 5.75 Å². The molecule has 2 aromatic rings. The summed E-state index contributed by atoms with van der Waals surface area (Å²) in [6.07, 6.45) is 8.93. The molecule has 1 N–H and O–H groups in total. The van der Waals surface area contributed by atoms with E-state index in [2.05, 4.69) is 12.2 Å². The SMILES string of the molecule is CCCCCCCCCC(=O)Nc1ccc(C2SCC(=O)N2c2ccc3c(c2)OCO3)cc1. The van der Waals surface area contributed by atoms with Gasteiger partial charge in [0.25, 0.3) is 0 Å². The van der Waals surface area contributed by atoms with Gasteiger partial charge >= 0.3 is 0 Å². The van der Waals surface area contributed by atoms with E-state index in [4.69, 9.17) is 9.47 Å². The lowest BCUT2D eigenvalue weighted by Gasteiger charge is -2.24. The van der Waals surface area contributed by atoms with Crippen LogP contribution in [0.5, 0.6) is 11.5 Å². The van der Waals surface area contributed by atoms with Crippen LogP contribution in [0.25, 0.3) is 0 Å². The molecule has 2 aliphatic rings. The van der Waals surface area contributed by atoms with Gasteiger partial charge in [-0.05, 0) is 36.2 Å². The van der Waals surface area contributed by atoms with Gasteiger partial charge in [-0.25, -0.2) is 0 Å². The predicted octanol–water partition coefficient (Wildman–Crippen LogP) is 6.27. The molecule has 6 nitrogen and oxygen atoms in total. The molecule has 0 radical (unpaired) electrons. The minimum atomic E-state index is -0.115. The Balaban J connectivity index is 1.31. The summed E-state index contributed by atoms with van der Waals surface area (Å²) in [6.45, 7) is 2.43. The van der Waals surface area contributed by atoms with Gasteiger partial charge < -0.3 is 14.8 Å². The average molecular weight is 469 g/mol. The maximum absolute atomic E-state index is 12.6. The van der Waals surface area contributed by atoms with Gasteiger partial charge in [-0.3, -0.25) is 14.5 Å². The van der Waals surface area contributed by atoms with Crippen molar-refractivity contribution in [1.29, 1.82) is 0 Å². The van der Waals surface area contributed by atoms with Crippen LogP contribution < -0.4 is 19.7 Å². The molecule has 0 saturated carbocycles. The number of amides is 2. The number of nitrogens with zero attached hydrogens (tertiary/aromatic N) is 1. The lowest BCUT2D eigenvalue weighted by atomic mass is 10.1. The van der Waals surface area contributed by atoms with Crippen LogP contribution in [0.4, 0.5) is 11.4 Å². The molecule has 33 heavy (non-hydrogen) atoms. The Morgan fingerprint density at radius 2 is 1.73 bits per heavy atom. The van der Waals surface area contributed by atoms with E-state index in [-0.39, 0.29) is 24.0 Å². The van der Waals surface area contributed by atoms with Crippen LogP contribution in [0.1, 0.15) is 69.2 Å². The highest BCUT2D eigenvalue weighted by atomic mass is 32.2. The lowest BCUT2D eigenvalue weighted by Crippen LogP contribution is -2.27. The van der Waals surface area contributed by atoms with Crippen molar-refractivity contribution < 1.29 is 19.1 Å². The van der Waals surface area contributed by atoms with Crippen LogP contribution in [-0.4, -0.2) is 24.4 Å². The number of hydrogen-bond acceptors (Lipinski definition) is 5. The molecule has 1 atom stereocenters. The largest absolute Gasteiger partial charge is 0.454 e. The van der Waals surface area contributed by atoms with E-state index < -0.39 is 0 Å². The Bertz CT molecular complexity index is 963. The summed E-state index contributed by atoms with van der Waals surface area (Å²) >= 11 is 1.60. The first-order valence-corrected chi connectivity index (χ1v) is 12.9. The van der Waals surface area contributed by atoms with Gasteiger partial charge in [-0.2, -0.15) is 0 Å². The average Bonchev–Trinajstić information content (AvgIpc) is 3.45. The van der Waals surface area contributed by atoms with Crippen LogP contribution in [0, 0.1) is 0 Å². The summed E-state index contributed by atoms with van der Waals surface area (Å²) in [7, 11) is 0. The maximum atomic E-state index is 12.6. The Labute approximate surface area is 200 Å². The summed E-state index contributed by atoms with van der Waals surface area (Å²) in [5.41, 5.74) is 2.61. The van der Waals surface area contributed by atoms with Crippen molar-refractivity contribution in [3.05, 3.63) is 48.0 Å². The molecule has 2 aromatic carbocycles. The molecular formula is C26H32N2O4S. The number of unbranched alkanes of at least 4 members (excludes halogenated alkanes) is 6. The van der Waals surface area contributed by atoms with Gasteiger partial charge in [0, 0.05) is 23.9 Å². The topological polar surface area (TPSA) is 67.9 Å². The number of thioether (sulfide) groups is 1. The molecule has 4 rings (SSSR count). The molecular weight excluding hydrogens is 436 g/mol. The highest BCUT2D eigenvalue weighted by Gasteiger charge is 2.34. The first-order chi connectivity index (χ1) is 16.2. The number of benzene rings is 2. The molecule has 1 unspecified atom stereocenters. The third-order valence-electron chi connectivity index (χ3n) is 5.99.